The summed E-state index contributed by atoms with van der Waals surface area (Å²) in [6, 6.07) is 0. The highest BCUT2D eigenvalue weighted by Crippen LogP contribution is 2.24. The van der Waals surface area contributed by atoms with Crippen molar-refractivity contribution < 1.29 is 34.0 Å². The third-order valence-corrected chi connectivity index (χ3v) is 6.95. The first-order valence-electron chi connectivity index (χ1n) is 14.9. The number of ether oxygens (including phenoxy) is 3. The van der Waals surface area contributed by atoms with Crippen molar-refractivity contribution in [3.8, 4) is 0 Å². The summed E-state index contributed by atoms with van der Waals surface area (Å²) in [6.45, 7) is 4.28. The molecule has 0 aliphatic carbocycles. The molecule has 212 valence electrons. The van der Waals surface area contributed by atoms with Crippen LogP contribution in [0.5, 0.6) is 0 Å². The Morgan fingerprint density at radius 3 is 1.53 bits per heavy atom. The molecule has 7 heteroatoms. The van der Waals surface area contributed by atoms with Gasteiger partial charge in [0.1, 0.15) is 18.8 Å². The first-order valence-corrected chi connectivity index (χ1v) is 14.9. The van der Waals surface area contributed by atoms with Gasteiger partial charge in [-0.2, -0.15) is 0 Å². The molecule has 1 heterocycles. The Hall–Kier alpha value is -1.18. The molecule has 0 aromatic rings. The van der Waals surface area contributed by atoms with E-state index in [0.29, 0.717) is 6.42 Å². The van der Waals surface area contributed by atoms with Gasteiger partial charge in [0, 0.05) is 12.8 Å². The van der Waals surface area contributed by atoms with Crippen LogP contribution >= 0.6 is 0 Å². The van der Waals surface area contributed by atoms with Gasteiger partial charge in [0.2, 0.25) is 0 Å². The quantitative estimate of drug-likeness (QED) is 0.121. The van der Waals surface area contributed by atoms with Gasteiger partial charge in [0.15, 0.2) is 12.4 Å². The predicted octanol–water partition coefficient (Wildman–Crippen LogP) is 6.36. The normalized spacial score (nSPS) is 21.6. The van der Waals surface area contributed by atoms with Crippen LogP contribution in [-0.4, -0.2) is 53.4 Å². The van der Waals surface area contributed by atoms with Gasteiger partial charge >= 0.3 is 11.9 Å². The molecule has 1 unspecified atom stereocenters. The smallest absolute Gasteiger partial charge is 0.306 e. The molecule has 0 spiro atoms. The topological polar surface area (TPSA) is 102 Å². The minimum absolute atomic E-state index is 0.152. The Labute approximate surface area is 219 Å². The van der Waals surface area contributed by atoms with Gasteiger partial charge in [-0.25, -0.2) is 0 Å². The molecule has 1 aliphatic heterocycles. The number of aliphatic hydroxyl groups excluding tert-OH is 2. The van der Waals surface area contributed by atoms with E-state index in [-0.39, 0.29) is 19.0 Å². The zero-order valence-electron chi connectivity index (χ0n) is 23.1. The van der Waals surface area contributed by atoms with E-state index in [1.165, 1.54) is 77.0 Å². The van der Waals surface area contributed by atoms with Gasteiger partial charge in [0.25, 0.3) is 0 Å². The lowest BCUT2D eigenvalue weighted by Gasteiger charge is -2.20. The summed E-state index contributed by atoms with van der Waals surface area (Å²) in [5.41, 5.74) is 0. The van der Waals surface area contributed by atoms with Crippen molar-refractivity contribution in [3.63, 3.8) is 0 Å². The number of carbonyl (C=O) groups is 2. The molecule has 0 amide bonds. The second-order valence-corrected chi connectivity index (χ2v) is 10.4. The van der Waals surface area contributed by atoms with Crippen molar-refractivity contribution in [2.45, 2.75) is 167 Å². The Bertz CT molecular complexity index is 554. The van der Waals surface area contributed by atoms with E-state index in [9.17, 15) is 19.8 Å². The maximum atomic E-state index is 12.3. The number of rotatable bonds is 23. The van der Waals surface area contributed by atoms with Crippen LogP contribution in [0.3, 0.4) is 0 Å². The number of hydrogen-bond acceptors (Lipinski definition) is 7. The molecule has 0 radical (unpaired) electrons. The number of aliphatic hydroxyl groups is 2. The second kappa shape index (κ2) is 21.9. The first kappa shape index (κ1) is 32.8. The third-order valence-electron chi connectivity index (χ3n) is 6.95. The summed E-state index contributed by atoms with van der Waals surface area (Å²) in [4.78, 5) is 24.4. The van der Waals surface area contributed by atoms with Crippen molar-refractivity contribution in [1.82, 2.24) is 0 Å². The summed E-state index contributed by atoms with van der Waals surface area (Å²) >= 11 is 0. The molecule has 4 atom stereocenters. The molecule has 0 bridgehead atoms. The lowest BCUT2D eigenvalue weighted by atomic mass is 10.1. The lowest BCUT2D eigenvalue weighted by molar-refractivity contribution is -0.161. The molecule has 36 heavy (non-hydrogen) atoms. The molecular weight excluding hydrogens is 460 g/mol. The van der Waals surface area contributed by atoms with E-state index in [4.69, 9.17) is 14.2 Å². The van der Waals surface area contributed by atoms with E-state index >= 15 is 0 Å². The fourth-order valence-electron chi connectivity index (χ4n) is 4.62. The van der Waals surface area contributed by atoms with Crippen LogP contribution in [0.15, 0.2) is 0 Å². The first-order chi connectivity index (χ1) is 17.5. The van der Waals surface area contributed by atoms with E-state index < -0.39 is 30.6 Å². The fraction of sp³-hybridized carbons (Fsp3) is 0.931. The van der Waals surface area contributed by atoms with Crippen LogP contribution in [-0.2, 0) is 23.8 Å². The molecule has 2 N–H and O–H groups in total. The van der Waals surface area contributed by atoms with Crippen LogP contribution in [0, 0.1) is 0 Å². The average molecular weight is 515 g/mol. The van der Waals surface area contributed by atoms with E-state index in [2.05, 4.69) is 13.8 Å². The summed E-state index contributed by atoms with van der Waals surface area (Å²) in [6.07, 6.45) is 16.8. The monoisotopic (exact) mass is 514 g/mol. The Balaban J connectivity index is 2.16. The van der Waals surface area contributed by atoms with E-state index in [0.717, 1.165) is 38.5 Å². The van der Waals surface area contributed by atoms with Crippen LogP contribution in [0.4, 0.5) is 0 Å². The van der Waals surface area contributed by atoms with Gasteiger partial charge in [-0.1, -0.05) is 117 Å². The van der Waals surface area contributed by atoms with Crippen molar-refractivity contribution >= 4 is 11.9 Å². The SMILES string of the molecule is CCCCCCCCCCCC(=O)OC[C@H]1O[C@@H](O)C(O)[C@@H]1OC(=O)CCCCCCCCCCC. The van der Waals surface area contributed by atoms with Crippen LogP contribution < -0.4 is 0 Å². The largest absolute Gasteiger partial charge is 0.463 e. The fourth-order valence-corrected chi connectivity index (χ4v) is 4.62. The van der Waals surface area contributed by atoms with Crippen molar-refractivity contribution in [3.05, 3.63) is 0 Å². The number of esters is 2. The highest BCUT2D eigenvalue weighted by molar-refractivity contribution is 5.70. The van der Waals surface area contributed by atoms with E-state index in [1.54, 1.807) is 0 Å². The van der Waals surface area contributed by atoms with Crippen LogP contribution in [0.25, 0.3) is 0 Å². The number of carbonyl (C=O) groups excluding carboxylic acids is 2. The van der Waals surface area contributed by atoms with E-state index in [1.807, 2.05) is 0 Å². The second-order valence-electron chi connectivity index (χ2n) is 10.4. The zero-order chi connectivity index (χ0) is 26.4. The third kappa shape index (κ3) is 15.8. The maximum Gasteiger partial charge on any atom is 0.306 e. The summed E-state index contributed by atoms with van der Waals surface area (Å²) < 4.78 is 16.0. The van der Waals surface area contributed by atoms with Crippen molar-refractivity contribution in [1.29, 1.82) is 0 Å². The van der Waals surface area contributed by atoms with Crippen LogP contribution in [0.1, 0.15) is 142 Å². The van der Waals surface area contributed by atoms with Gasteiger partial charge in [0.05, 0.1) is 0 Å². The van der Waals surface area contributed by atoms with Gasteiger partial charge in [-0.15, -0.1) is 0 Å². The summed E-state index contributed by atoms with van der Waals surface area (Å²) in [7, 11) is 0. The van der Waals surface area contributed by atoms with Gasteiger partial charge < -0.3 is 24.4 Å². The molecule has 7 nitrogen and oxygen atoms in total. The molecule has 0 aromatic heterocycles. The lowest BCUT2D eigenvalue weighted by Crippen LogP contribution is -2.39. The minimum atomic E-state index is -1.46. The van der Waals surface area contributed by atoms with Crippen molar-refractivity contribution in [2.75, 3.05) is 6.61 Å². The van der Waals surface area contributed by atoms with Gasteiger partial charge in [-0.3, -0.25) is 9.59 Å². The molecule has 1 fully saturated rings. The molecule has 1 rings (SSSR count). The number of unbranched alkanes of at least 4 members (excludes halogenated alkanes) is 16. The predicted molar refractivity (Wildman–Crippen MR) is 141 cm³/mol. The van der Waals surface area contributed by atoms with Gasteiger partial charge in [-0.05, 0) is 12.8 Å². The Morgan fingerprint density at radius 1 is 0.639 bits per heavy atom. The standard InChI is InChI=1S/C29H54O7/c1-3-5-7-9-11-13-15-17-19-21-25(30)34-23-24-28(27(32)29(33)35-24)36-26(31)22-20-18-16-14-12-10-8-6-4-2/h24,27-29,32-33H,3-23H2,1-2H3/t24-,27?,28-,29-/m1/s1. The highest BCUT2D eigenvalue weighted by atomic mass is 16.7. The summed E-state index contributed by atoms with van der Waals surface area (Å²) in [5.74, 6) is -0.761. The Kier molecular flexibility index (Phi) is 19.9. The molecule has 1 aliphatic rings. The zero-order valence-corrected chi connectivity index (χ0v) is 23.1. The molecule has 0 aromatic carbocycles. The van der Waals surface area contributed by atoms with Crippen LogP contribution in [0.2, 0.25) is 0 Å². The van der Waals surface area contributed by atoms with Crippen molar-refractivity contribution in [2.24, 2.45) is 0 Å². The Morgan fingerprint density at radius 2 is 1.06 bits per heavy atom. The minimum Gasteiger partial charge on any atom is -0.463 e. The number of hydrogen-bond donors (Lipinski definition) is 2. The molecule has 0 saturated carbocycles. The summed E-state index contributed by atoms with van der Waals surface area (Å²) in [5, 5.41) is 20.0. The molecule has 1 saturated heterocycles. The molecular formula is C29H54O7. The highest BCUT2D eigenvalue weighted by Gasteiger charge is 2.46. The average Bonchev–Trinajstić information content (AvgIpc) is 3.13. The maximum absolute atomic E-state index is 12.3.